The summed E-state index contributed by atoms with van der Waals surface area (Å²) in [6, 6.07) is 11.2. The predicted octanol–water partition coefficient (Wildman–Crippen LogP) is 3.48. The van der Waals surface area contributed by atoms with Crippen LogP contribution in [0.4, 0.5) is 11.4 Å². The number of rotatable bonds is 2. The van der Waals surface area contributed by atoms with Gasteiger partial charge in [-0.05, 0) is 32.0 Å². The summed E-state index contributed by atoms with van der Waals surface area (Å²) in [6.07, 6.45) is 0. The van der Waals surface area contributed by atoms with Crippen molar-refractivity contribution in [2.75, 3.05) is 0 Å². The minimum Gasteiger partial charge on any atom is -0.265 e. The van der Waals surface area contributed by atoms with Gasteiger partial charge >= 0.3 is 0 Å². The van der Waals surface area contributed by atoms with Crippen molar-refractivity contribution in [3.8, 4) is 0 Å². The Kier molecular flexibility index (Phi) is 4.18. The second kappa shape index (κ2) is 5.88. The highest BCUT2D eigenvalue weighted by Crippen LogP contribution is 2.19. The zero-order valence-electron chi connectivity index (χ0n) is 11.6. The van der Waals surface area contributed by atoms with Crippen LogP contribution in [0.2, 0.25) is 0 Å². The fourth-order valence-corrected chi connectivity index (χ4v) is 2.03. The van der Waals surface area contributed by atoms with E-state index in [1.165, 1.54) is 0 Å². The van der Waals surface area contributed by atoms with Crippen molar-refractivity contribution in [2.24, 2.45) is 10.2 Å². The SMILES string of the molecule is Cc1cc(C)n2[nH]c(=O)c(N=Nc3ccccc3)c2n1.Cl. The lowest BCUT2D eigenvalue weighted by molar-refractivity contribution is 0.871. The quantitative estimate of drug-likeness (QED) is 0.736. The Morgan fingerprint density at radius 1 is 1.14 bits per heavy atom. The van der Waals surface area contributed by atoms with E-state index in [1.54, 1.807) is 4.52 Å². The first-order valence-electron chi connectivity index (χ1n) is 6.21. The fraction of sp³-hybridized carbons (Fsp3) is 0.143. The summed E-state index contributed by atoms with van der Waals surface area (Å²) in [7, 11) is 0. The molecule has 2 aromatic heterocycles. The maximum atomic E-state index is 12.0. The van der Waals surface area contributed by atoms with Gasteiger partial charge in [-0.3, -0.25) is 9.89 Å². The van der Waals surface area contributed by atoms with Crippen molar-refractivity contribution in [2.45, 2.75) is 13.8 Å². The molecule has 6 nitrogen and oxygen atoms in total. The molecule has 0 saturated carbocycles. The van der Waals surface area contributed by atoms with Crippen molar-refractivity contribution in [3.05, 3.63) is 58.1 Å². The number of benzene rings is 1. The van der Waals surface area contributed by atoms with Crippen molar-refractivity contribution in [1.82, 2.24) is 14.6 Å². The number of nitrogens with one attached hydrogen (secondary N) is 1. The molecule has 0 spiro atoms. The number of H-pyrrole nitrogens is 1. The van der Waals surface area contributed by atoms with Crippen LogP contribution in [0.5, 0.6) is 0 Å². The predicted molar refractivity (Wildman–Crippen MR) is 83.2 cm³/mol. The molecule has 1 N–H and O–H groups in total. The lowest BCUT2D eigenvalue weighted by Gasteiger charge is -2.00. The maximum Gasteiger partial charge on any atom is 0.294 e. The zero-order valence-corrected chi connectivity index (χ0v) is 12.4. The van der Waals surface area contributed by atoms with Crippen LogP contribution < -0.4 is 5.56 Å². The molecule has 0 unspecified atom stereocenters. The van der Waals surface area contributed by atoms with Gasteiger partial charge in [-0.15, -0.1) is 17.5 Å². The van der Waals surface area contributed by atoms with E-state index in [2.05, 4.69) is 20.3 Å². The lowest BCUT2D eigenvalue weighted by Crippen LogP contribution is -2.02. The molecule has 0 aliphatic rings. The summed E-state index contributed by atoms with van der Waals surface area (Å²) < 4.78 is 1.62. The molecule has 0 radical (unpaired) electrons. The number of hydrogen-bond donors (Lipinski definition) is 1. The maximum absolute atomic E-state index is 12.0. The number of aromatic amines is 1. The van der Waals surface area contributed by atoms with E-state index in [4.69, 9.17) is 0 Å². The van der Waals surface area contributed by atoms with Gasteiger partial charge in [0.15, 0.2) is 11.3 Å². The Hall–Kier alpha value is -2.47. The molecule has 0 atom stereocenters. The van der Waals surface area contributed by atoms with Crippen LogP contribution in [0.15, 0.2) is 51.4 Å². The van der Waals surface area contributed by atoms with E-state index < -0.39 is 0 Å². The van der Waals surface area contributed by atoms with Crippen molar-refractivity contribution in [1.29, 1.82) is 0 Å². The summed E-state index contributed by atoms with van der Waals surface area (Å²) in [6.45, 7) is 3.78. The highest BCUT2D eigenvalue weighted by molar-refractivity contribution is 5.85. The first-order valence-corrected chi connectivity index (χ1v) is 6.21. The molecule has 2 heterocycles. The van der Waals surface area contributed by atoms with Crippen LogP contribution in [-0.2, 0) is 0 Å². The first kappa shape index (κ1) is 14.9. The molecule has 0 saturated heterocycles. The Morgan fingerprint density at radius 2 is 1.86 bits per heavy atom. The average molecular weight is 304 g/mol. The highest BCUT2D eigenvalue weighted by atomic mass is 35.5. The topological polar surface area (TPSA) is 74.9 Å². The highest BCUT2D eigenvalue weighted by Gasteiger charge is 2.11. The van der Waals surface area contributed by atoms with Crippen LogP contribution in [0.25, 0.3) is 5.65 Å². The minimum absolute atomic E-state index is 0. The van der Waals surface area contributed by atoms with Crippen molar-refractivity contribution < 1.29 is 0 Å². The Labute approximate surface area is 127 Å². The molecule has 0 fully saturated rings. The lowest BCUT2D eigenvalue weighted by atomic mass is 10.3. The van der Waals surface area contributed by atoms with E-state index >= 15 is 0 Å². The second-order valence-electron chi connectivity index (χ2n) is 4.52. The fourth-order valence-electron chi connectivity index (χ4n) is 2.03. The molecule has 108 valence electrons. The molecular weight excluding hydrogens is 290 g/mol. The molecule has 0 aliphatic heterocycles. The molecule has 7 heteroatoms. The Bertz CT molecular complexity index is 851. The number of halogens is 1. The third kappa shape index (κ3) is 2.85. The van der Waals surface area contributed by atoms with Crippen molar-refractivity contribution in [3.63, 3.8) is 0 Å². The molecular formula is C14H14ClN5O. The monoisotopic (exact) mass is 303 g/mol. The Balaban J connectivity index is 0.00000161. The van der Waals surface area contributed by atoms with Crippen LogP contribution in [0.3, 0.4) is 0 Å². The third-order valence-corrected chi connectivity index (χ3v) is 2.93. The summed E-state index contributed by atoms with van der Waals surface area (Å²) in [5.41, 5.74) is 2.83. The smallest absolute Gasteiger partial charge is 0.265 e. The van der Waals surface area contributed by atoms with Crippen LogP contribution in [-0.4, -0.2) is 14.6 Å². The summed E-state index contributed by atoms with van der Waals surface area (Å²) >= 11 is 0. The molecule has 0 bridgehead atoms. The normalized spacial score (nSPS) is 11.0. The standard InChI is InChI=1S/C14H13N5O.ClH/c1-9-8-10(2)19-13(15-9)12(14(20)18-19)17-16-11-6-4-3-5-7-11;/h3-8H,1-2H3,(H,18,20);1H. The van der Waals surface area contributed by atoms with Gasteiger partial charge < -0.3 is 0 Å². The van der Waals surface area contributed by atoms with E-state index in [-0.39, 0.29) is 23.7 Å². The Morgan fingerprint density at radius 3 is 2.57 bits per heavy atom. The summed E-state index contributed by atoms with van der Waals surface area (Å²) in [4.78, 5) is 16.3. The van der Waals surface area contributed by atoms with E-state index in [9.17, 15) is 4.79 Å². The van der Waals surface area contributed by atoms with Gasteiger partial charge in [0.2, 0.25) is 0 Å². The molecule has 0 amide bonds. The van der Waals surface area contributed by atoms with Crippen LogP contribution in [0, 0.1) is 13.8 Å². The number of azo groups is 1. The van der Waals surface area contributed by atoms with Gasteiger partial charge in [0, 0.05) is 11.4 Å². The van der Waals surface area contributed by atoms with Gasteiger partial charge in [0.1, 0.15) is 0 Å². The molecule has 21 heavy (non-hydrogen) atoms. The van der Waals surface area contributed by atoms with Gasteiger partial charge in [0.25, 0.3) is 5.56 Å². The number of aryl methyl sites for hydroxylation is 2. The molecule has 0 aliphatic carbocycles. The van der Waals surface area contributed by atoms with Crippen molar-refractivity contribution >= 4 is 29.4 Å². The second-order valence-corrected chi connectivity index (χ2v) is 4.52. The van der Waals surface area contributed by atoms with Gasteiger partial charge in [0.05, 0.1) is 5.69 Å². The van der Waals surface area contributed by atoms with Crippen LogP contribution in [0.1, 0.15) is 11.4 Å². The van der Waals surface area contributed by atoms with E-state index in [0.717, 1.165) is 11.4 Å². The van der Waals surface area contributed by atoms with E-state index in [0.29, 0.717) is 11.3 Å². The largest absolute Gasteiger partial charge is 0.294 e. The van der Waals surface area contributed by atoms with E-state index in [1.807, 2.05) is 50.2 Å². The zero-order chi connectivity index (χ0) is 14.1. The number of aromatic nitrogens is 3. The van der Waals surface area contributed by atoms with Gasteiger partial charge in [-0.2, -0.15) is 5.11 Å². The number of nitrogens with zero attached hydrogens (tertiary/aromatic N) is 4. The minimum atomic E-state index is -0.300. The first-order chi connectivity index (χ1) is 9.65. The average Bonchev–Trinajstić information content (AvgIpc) is 2.74. The number of fused-ring (bicyclic) bond motifs is 1. The molecule has 3 rings (SSSR count). The van der Waals surface area contributed by atoms with Gasteiger partial charge in [-0.25, -0.2) is 9.50 Å². The summed E-state index contributed by atoms with van der Waals surface area (Å²) in [5.74, 6) is 0. The third-order valence-electron chi connectivity index (χ3n) is 2.93. The number of hydrogen-bond acceptors (Lipinski definition) is 4. The molecule has 1 aromatic carbocycles. The summed E-state index contributed by atoms with van der Waals surface area (Å²) in [5, 5.41) is 10.8. The van der Waals surface area contributed by atoms with Crippen LogP contribution >= 0.6 is 12.4 Å². The van der Waals surface area contributed by atoms with Gasteiger partial charge in [-0.1, -0.05) is 18.2 Å². The molecule has 3 aromatic rings.